The zero-order valence-electron chi connectivity index (χ0n) is 13.5. The Kier molecular flexibility index (Phi) is 4.91. The lowest BCUT2D eigenvalue weighted by Gasteiger charge is -2.45. The van der Waals surface area contributed by atoms with Gasteiger partial charge in [-0.1, -0.05) is 25.3 Å². The average Bonchev–Trinajstić information content (AvgIpc) is 2.56. The first kappa shape index (κ1) is 15.0. The van der Waals surface area contributed by atoms with E-state index in [-0.39, 0.29) is 0 Å². The van der Waals surface area contributed by atoms with Crippen molar-refractivity contribution in [2.45, 2.75) is 64.1 Å². The Morgan fingerprint density at radius 1 is 1.24 bits per heavy atom. The average molecular weight is 287 g/mol. The van der Waals surface area contributed by atoms with Gasteiger partial charge in [-0.2, -0.15) is 0 Å². The number of nitrogens with zero attached hydrogens (tertiary/aromatic N) is 2. The van der Waals surface area contributed by atoms with Crippen LogP contribution in [0.5, 0.6) is 0 Å². The van der Waals surface area contributed by atoms with Crippen molar-refractivity contribution in [3.63, 3.8) is 0 Å². The summed E-state index contributed by atoms with van der Waals surface area (Å²) in [5, 5.41) is 3.81. The van der Waals surface area contributed by atoms with E-state index < -0.39 is 0 Å². The fraction of sp³-hybridized carbons (Fsp3) is 0.722. The third kappa shape index (κ3) is 3.46. The van der Waals surface area contributed by atoms with Crippen LogP contribution in [0.25, 0.3) is 0 Å². The summed E-state index contributed by atoms with van der Waals surface area (Å²) >= 11 is 0. The van der Waals surface area contributed by atoms with Gasteiger partial charge in [-0.15, -0.1) is 0 Å². The molecule has 1 aliphatic carbocycles. The lowest BCUT2D eigenvalue weighted by molar-refractivity contribution is 0.0703. The van der Waals surface area contributed by atoms with E-state index in [4.69, 9.17) is 0 Å². The molecule has 0 bridgehead atoms. The third-order valence-corrected chi connectivity index (χ3v) is 5.48. The largest absolute Gasteiger partial charge is 0.311 e. The van der Waals surface area contributed by atoms with Crippen LogP contribution in [0.4, 0.5) is 0 Å². The third-order valence-electron chi connectivity index (χ3n) is 5.48. The molecule has 116 valence electrons. The summed E-state index contributed by atoms with van der Waals surface area (Å²) in [5.41, 5.74) is 1.20. The highest BCUT2D eigenvalue weighted by molar-refractivity contribution is 5.09. The molecule has 3 heteroatoms. The first-order valence-electron chi connectivity index (χ1n) is 8.66. The maximum Gasteiger partial charge on any atom is 0.0572 e. The Morgan fingerprint density at radius 3 is 2.76 bits per heavy atom. The zero-order valence-corrected chi connectivity index (χ0v) is 13.5. The molecule has 21 heavy (non-hydrogen) atoms. The number of nitrogens with one attached hydrogen (secondary N) is 1. The molecule has 1 saturated carbocycles. The van der Waals surface area contributed by atoms with Crippen molar-refractivity contribution in [2.75, 3.05) is 13.1 Å². The summed E-state index contributed by atoms with van der Waals surface area (Å²) in [6.45, 7) is 6.92. The Labute approximate surface area is 129 Å². The molecular weight excluding hydrogens is 258 g/mol. The summed E-state index contributed by atoms with van der Waals surface area (Å²) in [7, 11) is 0. The molecular formula is C18H29N3. The molecule has 3 rings (SSSR count). The van der Waals surface area contributed by atoms with E-state index in [9.17, 15) is 0 Å². The van der Waals surface area contributed by atoms with Crippen LogP contribution < -0.4 is 5.32 Å². The van der Waals surface area contributed by atoms with Gasteiger partial charge in [-0.25, -0.2) is 0 Å². The van der Waals surface area contributed by atoms with Crippen LogP contribution in [0.15, 0.2) is 24.4 Å². The SMILES string of the molecule is CC1CNC(C2CCCCC2)CN1C(C)c1ccccn1. The Morgan fingerprint density at radius 2 is 2.05 bits per heavy atom. The van der Waals surface area contributed by atoms with Crippen LogP contribution in [0.1, 0.15) is 57.7 Å². The molecule has 0 amide bonds. The number of piperazine rings is 1. The van der Waals surface area contributed by atoms with Gasteiger partial charge >= 0.3 is 0 Å². The predicted octanol–water partition coefficient (Wildman–Crippen LogP) is 3.39. The lowest BCUT2D eigenvalue weighted by atomic mass is 9.82. The summed E-state index contributed by atoms with van der Waals surface area (Å²) < 4.78 is 0. The Hall–Kier alpha value is -0.930. The van der Waals surface area contributed by atoms with Gasteiger partial charge in [-0.3, -0.25) is 9.88 Å². The maximum absolute atomic E-state index is 4.56. The minimum absolute atomic E-state index is 0.411. The molecule has 1 aromatic heterocycles. The fourth-order valence-corrected chi connectivity index (χ4v) is 4.10. The van der Waals surface area contributed by atoms with Crippen molar-refractivity contribution >= 4 is 0 Å². The van der Waals surface area contributed by atoms with Crippen molar-refractivity contribution in [1.29, 1.82) is 0 Å². The Balaban J connectivity index is 1.68. The van der Waals surface area contributed by atoms with Crippen LogP contribution in [-0.4, -0.2) is 35.1 Å². The number of hydrogen-bond acceptors (Lipinski definition) is 3. The second-order valence-electron chi connectivity index (χ2n) is 6.89. The molecule has 3 atom stereocenters. The van der Waals surface area contributed by atoms with Crippen molar-refractivity contribution in [1.82, 2.24) is 15.2 Å². The van der Waals surface area contributed by atoms with Crippen LogP contribution >= 0.6 is 0 Å². The maximum atomic E-state index is 4.56. The van der Waals surface area contributed by atoms with Crippen molar-refractivity contribution in [3.05, 3.63) is 30.1 Å². The van der Waals surface area contributed by atoms with Crippen LogP contribution in [0.3, 0.4) is 0 Å². The first-order chi connectivity index (χ1) is 10.3. The molecule has 3 nitrogen and oxygen atoms in total. The van der Waals surface area contributed by atoms with Gasteiger partial charge in [0.1, 0.15) is 0 Å². The van der Waals surface area contributed by atoms with Gasteiger partial charge in [0.2, 0.25) is 0 Å². The monoisotopic (exact) mass is 287 g/mol. The van der Waals surface area contributed by atoms with E-state index >= 15 is 0 Å². The quantitative estimate of drug-likeness (QED) is 0.923. The standard InChI is InChI=1S/C18H29N3/c1-14-12-20-18(16-8-4-3-5-9-16)13-21(14)15(2)17-10-6-7-11-19-17/h6-7,10-11,14-16,18,20H,3-5,8-9,12-13H2,1-2H3. The van der Waals surface area contributed by atoms with Gasteiger partial charge in [0.25, 0.3) is 0 Å². The van der Waals surface area contributed by atoms with Gasteiger partial charge < -0.3 is 5.32 Å². The normalized spacial score (nSPS) is 30.2. The molecule has 0 aromatic carbocycles. The van der Waals surface area contributed by atoms with Crippen LogP contribution in [-0.2, 0) is 0 Å². The van der Waals surface area contributed by atoms with Crippen molar-refractivity contribution < 1.29 is 0 Å². The highest BCUT2D eigenvalue weighted by Crippen LogP contribution is 2.31. The summed E-state index contributed by atoms with van der Waals surface area (Å²) in [4.78, 5) is 7.21. The number of pyridine rings is 1. The molecule has 1 aliphatic heterocycles. The van der Waals surface area contributed by atoms with Crippen LogP contribution in [0.2, 0.25) is 0 Å². The highest BCUT2D eigenvalue weighted by atomic mass is 15.3. The van der Waals surface area contributed by atoms with E-state index in [0.717, 1.165) is 12.5 Å². The topological polar surface area (TPSA) is 28.2 Å². The number of aromatic nitrogens is 1. The highest BCUT2D eigenvalue weighted by Gasteiger charge is 2.33. The molecule has 1 saturated heterocycles. The summed E-state index contributed by atoms with van der Waals surface area (Å²) in [6, 6.07) is 7.94. The Bertz CT molecular complexity index is 427. The van der Waals surface area contributed by atoms with Crippen molar-refractivity contribution in [3.8, 4) is 0 Å². The minimum atomic E-state index is 0.411. The molecule has 1 N–H and O–H groups in total. The lowest BCUT2D eigenvalue weighted by Crippen LogP contribution is -2.58. The smallest absolute Gasteiger partial charge is 0.0572 e. The molecule has 2 aliphatic rings. The van der Waals surface area contributed by atoms with E-state index in [1.165, 1.54) is 44.3 Å². The second-order valence-corrected chi connectivity index (χ2v) is 6.89. The molecule has 2 fully saturated rings. The molecule has 0 radical (unpaired) electrons. The second kappa shape index (κ2) is 6.89. The molecule has 1 aromatic rings. The zero-order chi connectivity index (χ0) is 14.7. The fourth-order valence-electron chi connectivity index (χ4n) is 4.10. The summed E-state index contributed by atoms with van der Waals surface area (Å²) in [5.74, 6) is 0.879. The minimum Gasteiger partial charge on any atom is -0.311 e. The first-order valence-corrected chi connectivity index (χ1v) is 8.66. The van der Waals surface area contributed by atoms with E-state index in [2.05, 4.69) is 41.2 Å². The van der Waals surface area contributed by atoms with Gasteiger partial charge in [0.15, 0.2) is 0 Å². The molecule has 2 heterocycles. The summed E-state index contributed by atoms with van der Waals surface area (Å²) in [6.07, 6.45) is 9.03. The van der Waals surface area contributed by atoms with Gasteiger partial charge in [0, 0.05) is 37.4 Å². The van der Waals surface area contributed by atoms with E-state index in [1.54, 1.807) is 0 Å². The number of rotatable bonds is 3. The predicted molar refractivity (Wildman–Crippen MR) is 87.2 cm³/mol. The molecule has 3 unspecified atom stereocenters. The molecule has 0 spiro atoms. The van der Waals surface area contributed by atoms with Gasteiger partial charge in [0.05, 0.1) is 5.69 Å². The van der Waals surface area contributed by atoms with Crippen molar-refractivity contribution in [2.24, 2.45) is 5.92 Å². The van der Waals surface area contributed by atoms with Gasteiger partial charge in [-0.05, 0) is 44.7 Å². The number of hydrogen-bond donors (Lipinski definition) is 1. The van der Waals surface area contributed by atoms with E-state index in [0.29, 0.717) is 18.1 Å². The van der Waals surface area contributed by atoms with E-state index in [1.807, 2.05) is 12.3 Å². The van der Waals surface area contributed by atoms with Crippen LogP contribution in [0, 0.1) is 5.92 Å².